The van der Waals surface area contributed by atoms with E-state index in [0.717, 1.165) is 0 Å². The molecule has 13 heavy (non-hydrogen) atoms. The Morgan fingerprint density at radius 1 is 1.69 bits per heavy atom. The average molecular weight is 183 g/mol. The summed E-state index contributed by atoms with van der Waals surface area (Å²) in [6.07, 6.45) is 0.000648. The number of nitro groups is 1. The summed E-state index contributed by atoms with van der Waals surface area (Å²) in [6, 6.07) is 0. The number of hydrogen-bond acceptors (Lipinski definition) is 4. The average Bonchev–Trinajstić information content (AvgIpc) is 2.29. The molecule has 0 bridgehead atoms. The Labute approximate surface area is 74.1 Å². The third-order valence-corrected chi connectivity index (χ3v) is 1.47. The Balaban J connectivity index is 3.04. The summed E-state index contributed by atoms with van der Waals surface area (Å²) in [7, 11) is 0. The maximum atomic E-state index is 10.7. The molecule has 6 heteroatoms. The number of nitrogens with zero attached hydrogens (tertiary/aromatic N) is 2. The van der Waals surface area contributed by atoms with Crippen LogP contribution in [0.2, 0.25) is 0 Å². The lowest BCUT2D eigenvalue weighted by Gasteiger charge is -1.92. The number of ketones is 1. The number of aromatic nitrogens is 2. The van der Waals surface area contributed by atoms with Gasteiger partial charge in [-0.1, -0.05) is 0 Å². The van der Waals surface area contributed by atoms with Crippen LogP contribution in [0.3, 0.4) is 0 Å². The van der Waals surface area contributed by atoms with E-state index in [-0.39, 0.29) is 23.7 Å². The van der Waals surface area contributed by atoms with Crippen LogP contribution in [0.4, 0.5) is 5.82 Å². The van der Waals surface area contributed by atoms with Crippen LogP contribution in [0.25, 0.3) is 0 Å². The molecule has 1 aromatic rings. The number of rotatable bonds is 3. The highest BCUT2D eigenvalue weighted by Gasteiger charge is 2.18. The minimum Gasteiger partial charge on any atom is -0.358 e. The van der Waals surface area contributed by atoms with Gasteiger partial charge in [-0.15, -0.1) is 0 Å². The highest BCUT2D eigenvalue weighted by molar-refractivity contribution is 5.78. The van der Waals surface area contributed by atoms with Gasteiger partial charge in [0.25, 0.3) is 0 Å². The van der Waals surface area contributed by atoms with Gasteiger partial charge >= 0.3 is 5.82 Å². The predicted octanol–water partition coefficient (Wildman–Crippen LogP) is 0.758. The minimum atomic E-state index is -0.571. The maximum Gasteiger partial charge on any atom is 0.344 e. The first-order valence-corrected chi connectivity index (χ1v) is 3.70. The number of H-pyrrole nitrogens is 1. The van der Waals surface area contributed by atoms with Gasteiger partial charge in [0.15, 0.2) is 5.82 Å². The molecule has 0 aliphatic rings. The number of imidazole rings is 1. The van der Waals surface area contributed by atoms with E-state index >= 15 is 0 Å². The SMILES string of the molecule is CC(=O)Cc1nc(C)[nH]c1[N+](=O)[O-]. The van der Waals surface area contributed by atoms with Crippen LogP contribution in [0.5, 0.6) is 0 Å². The molecular weight excluding hydrogens is 174 g/mol. The Morgan fingerprint density at radius 2 is 2.31 bits per heavy atom. The normalized spacial score (nSPS) is 10.0. The van der Waals surface area contributed by atoms with Crippen LogP contribution in [0, 0.1) is 17.0 Å². The molecule has 0 atom stereocenters. The van der Waals surface area contributed by atoms with Crippen molar-refractivity contribution in [3.05, 3.63) is 21.6 Å². The summed E-state index contributed by atoms with van der Waals surface area (Å²) in [5, 5.41) is 10.4. The van der Waals surface area contributed by atoms with Crippen LogP contribution < -0.4 is 0 Å². The fourth-order valence-corrected chi connectivity index (χ4v) is 1.04. The zero-order valence-electron chi connectivity index (χ0n) is 7.33. The van der Waals surface area contributed by atoms with Crippen LogP contribution >= 0.6 is 0 Å². The highest BCUT2D eigenvalue weighted by Crippen LogP contribution is 2.15. The molecule has 0 saturated carbocycles. The molecule has 0 aromatic carbocycles. The molecule has 0 aliphatic carbocycles. The molecule has 0 saturated heterocycles. The van der Waals surface area contributed by atoms with Crippen molar-refractivity contribution in [3.63, 3.8) is 0 Å². The summed E-state index contributed by atoms with van der Waals surface area (Å²) in [4.78, 5) is 26.9. The molecule has 1 aromatic heterocycles. The van der Waals surface area contributed by atoms with Crippen LogP contribution in [0.15, 0.2) is 0 Å². The number of nitrogens with one attached hydrogen (secondary N) is 1. The van der Waals surface area contributed by atoms with Crippen molar-refractivity contribution in [2.24, 2.45) is 0 Å². The highest BCUT2D eigenvalue weighted by atomic mass is 16.6. The molecule has 0 aliphatic heterocycles. The first kappa shape index (κ1) is 9.37. The van der Waals surface area contributed by atoms with Gasteiger partial charge in [-0.3, -0.25) is 4.79 Å². The molecule has 0 amide bonds. The number of aryl methyl sites for hydroxylation is 1. The van der Waals surface area contributed by atoms with E-state index in [0.29, 0.717) is 5.82 Å². The Morgan fingerprint density at radius 3 is 2.77 bits per heavy atom. The van der Waals surface area contributed by atoms with Crippen molar-refractivity contribution < 1.29 is 9.72 Å². The van der Waals surface area contributed by atoms with Crippen molar-refractivity contribution >= 4 is 11.6 Å². The van der Waals surface area contributed by atoms with E-state index in [1.807, 2.05) is 0 Å². The lowest BCUT2D eigenvalue weighted by Crippen LogP contribution is -2.00. The largest absolute Gasteiger partial charge is 0.358 e. The van der Waals surface area contributed by atoms with E-state index in [1.54, 1.807) is 6.92 Å². The summed E-state index contributed by atoms with van der Waals surface area (Å²) in [5.41, 5.74) is 0.204. The number of carbonyl (C=O) groups excluding carboxylic acids is 1. The summed E-state index contributed by atoms with van der Waals surface area (Å²) < 4.78 is 0. The van der Waals surface area contributed by atoms with Crippen LogP contribution in [-0.4, -0.2) is 20.7 Å². The number of aromatic amines is 1. The number of hydrogen-bond donors (Lipinski definition) is 1. The molecule has 6 nitrogen and oxygen atoms in total. The molecule has 0 fully saturated rings. The van der Waals surface area contributed by atoms with E-state index in [1.165, 1.54) is 6.92 Å². The van der Waals surface area contributed by atoms with E-state index in [9.17, 15) is 14.9 Å². The second-order valence-corrected chi connectivity index (χ2v) is 2.75. The molecule has 0 unspecified atom stereocenters. The molecule has 1 N–H and O–H groups in total. The van der Waals surface area contributed by atoms with Gasteiger partial charge in [-0.05, 0) is 11.8 Å². The zero-order valence-corrected chi connectivity index (χ0v) is 7.33. The van der Waals surface area contributed by atoms with E-state index < -0.39 is 4.92 Å². The first-order chi connectivity index (χ1) is 6.00. The smallest absolute Gasteiger partial charge is 0.344 e. The Bertz CT molecular complexity index is 356. The molecule has 0 radical (unpaired) electrons. The van der Waals surface area contributed by atoms with Crippen molar-refractivity contribution in [1.29, 1.82) is 0 Å². The van der Waals surface area contributed by atoms with Crippen LogP contribution in [0.1, 0.15) is 18.4 Å². The van der Waals surface area contributed by atoms with Gasteiger partial charge in [0.05, 0.1) is 6.42 Å². The van der Waals surface area contributed by atoms with Gasteiger partial charge in [0.1, 0.15) is 11.5 Å². The first-order valence-electron chi connectivity index (χ1n) is 3.70. The molecular formula is C7H9N3O3. The standard InChI is InChI=1S/C7H9N3O3/c1-4(11)3-6-7(10(12)13)9-5(2)8-6/h3H2,1-2H3,(H,8,9). The third-order valence-electron chi connectivity index (χ3n) is 1.47. The second-order valence-electron chi connectivity index (χ2n) is 2.75. The number of carbonyl (C=O) groups is 1. The fourth-order valence-electron chi connectivity index (χ4n) is 1.04. The summed E-state index contributed by atoms with van der Waals surface area (Å²) >= 11 is 0. The van der Waals surface area contributed by atoms with Gasteiger partial charge in [0, 0.05) is 6.92 Å². The van der Waals surface area contributed by atoms with Crippen molar-refractivity contribution in [1.82, 2.24) is 9.97 Å². The number of Topliss-reactive ketones (excluding diaryl/α,β-unsaturated/α-hetero) is 1. The zero-order chi connectivity index (χ0) is 10.0. The van der Waals surface area contributed by atoms with Gasteiger partial charge in [0.2, 0.25) is 0 Å². The molecule has 1 rings (SSSR count). The van der Waals surface area contributed by atoms with Crippen molar-refractivity contribution in [3.8, 4) is 0 Å². The van der Waals surface area contributed by atoms with E-state index in [4.69, 9.17) is 0 Å². The maximum absolute atomic E-state index is 10.7. The van der Waals surface area contributed by atoms with Crippen molar-refractivity contribution in [2.45, 2.75) is 20.3 Å². The van der Waals surface area contributed by atoms with Crippen LogP contribution in [-0.2, 0) is 11.2 Å². The monoisotopic (exact) mass is 183 g/mol. The predicted molar refractivity (Wildman–Crippen MR) is 44.4 cm³/mol. The quantitative estimate of drug-likeness (QED) is 0.553. The Kier molecular flexibility index (Phi) is 2.41. The summed E-state index contributed by atoms with van der Waals surface area (Å²) in [6.45, 7) is 2.98. The van der Waals surface area contributed by atoms with Crippen molar-refractivity contribution in [2.75, 3.05) is 0 Å². The third kappa shape index (κ3) is 2.11. The van der Waals surface area contributed by atoms with Gasteiger partial charge < -0.3 is 10.1 Å². The van der Waals surface area contributed by atoms with Gasteiger partial charge in [-0.2, -0.15) is 0 Å². The van der Waals surface area contributed by atoms with E-state index in [2.05, 4.69) is 9.97 Å². The fraction of sp³-hybridized carbons (Fsp3) is 0.429. The second kappa shape index (κ2) is 3.34. The lowest BCUT2D eigenvalue weighted by atomic mass is 10.2. The minimum absolute atomic E-state index is 0.000648. The molecule has 0 spiro atoms. The lowest BCUT2D eigenvalue weighted by molar-refractivity contribution is -0.390. The molecule has 1 heterocycles. The summed E-state index contributed by atoms with van der Waals surface area (Å²) in [5.74, 6) is 0.116. The topological polar surface area (TPSA) is 88.9 Å². The van der Waals surface area contributed by atoms with Gasteiger partial charge in [-0.25, -0.2) is 9.97 Å². The Hall–Kier alpha value is -1.72. The molecule has 70 valence electrons.